The van der Waals surface area contributed by atoms with Crippen LogP contribution in [0.2, 0.25) is 10.0 Å². The Bertz CT molecular complexity index is 578. The molecule has 0 atom stereocenters. The molecule has 0 fully saturated rings. The maximum absolute atomic E-state index is 12.2. The lowest BCUT2D eigenvalue weighted by Gasteiger charge is -2.03. The predicted molar refractivity (Wildman–Crippen MR) is 68.6 cm³/mol. The largest absolute Gasteiger partial charge is 0.287 e. The first-order chi connectivity index (χ1) is 8.00. The lowest BCUT2D eigenvalue weighted by molar-refractivity contribution is 0.102. The standard InChI is InChI=1S/C10H6BrCl2N3O/c1-16-8(10(11)14-15-16)9(17)5-2-3-6(12)7(13)4-5/h2-4H,1H3. The van der Waals surface area contributed by atoms with Crippen LogP contribution < -0.4 is 0 Å². The monoisotopic (exact) mass is 333 g/mol. The van der Waals surface area contributed by atoms with E-state index < -0.39 is 0 Å². The number of aryl methyl sites for hydroxylation is 1. The van der Waals surface area contributed by atoms with Crippen LogP contribution in [0, 0.1) is 0 Å². The smallest absolute Gasteiger partial charge is 0.213 e. The van der Waals surface area contributed by atoms with Crippen LogP contribution >= 0.6 is 39.1 Å². The Hall–Kier alpha value is -0.910. The van der Waals surface area contributed by atoms with Crippen LogP contribution in [0.25, 0.3) is 0 Å². The van der Waals surface area contributed by atoms with Gasteiger partial charge in [0, 0.05) is 12.6 Å². The molecule has 2 rings (SSSR count). The van der Waals surface area contributed by atoms with Gasteiger partial charge < -0.3 is 0 Å². The minimum Gasteiger partial charge on any atom is -0.287 e. The first-order valence-electron chi connectivity index (χ1n) is 4.55. The van der Waals surface area contributed by atoms with Crippen LogP contribution in [0.5, 0.6) is 0 Å². The molecule has 17 heavy (non-hydrogen) atoms. The molecule has 0 aliphatic carbocycles. The number of hydrogen-bond acceptors (Lipinski definition) is 3. The maximum Gasteiger partial charge on any atom is 0.213 e. The molecular weight excluding hydrogens is 329 g/mol. The van der Waals surface area contributed by atoms with Crippen molar-refractivity contribution in [2.24, 2.45) is 7.05 Å². The van der Waals surface area contributed by atoms with Crippen LogP contribution in [0.1, 0.15) is 16.1 Å². The van der Waals surface area contributed by atoms with Crippen molar-refractivity contribution in [2.45, 2.75) is 0 Å². The first-order valence-corrected chi connectivity index (χ1v) is 6.10. The molecule has 7 heteroatoms. The third-order valence-corrected chi connectivity index (χ3v) is 3.46. The Morgan fingerprint density at radius 1 is 1.35 bits per heavy atom. The molecule has 0 saturated carbocycles. The Morgan fingerprint density at radius 3 is 2.59 bits per heavy atom. The van der Waals surface area contributed by atoms with E-state index in [4.69, 9.17) is 23.2 Å². The summed E-state index contributed by atoms with van der Waals surface area (Å²) in [5, 5.41) is 8.24. The highest BCUT2D eigenvalue weighted by Gasteiger charge is 2.19. The lowest BCUT2D eigenvalue weighted by Crippen LogP contribution is -2.08. The summed E-state index contributed by atoms with van der Waals surface area (Å²) in [7, 11) is 1.64. The molecule has 4 nitrogen and oxygen atoms in total. The van der Waals surface area contributed by atoms with Gasteiger partial charge in [-0.3, -0.25) is 4.79 Å². The van der Waals surface area contributed by atoms with E-state index in [9.17, 15) is 4.79 Å². The Morgan fingerprint density at radius 2 is 2.06 bits per heavy atom. The van der Waals surface area contributed by atoms with E-state index in [1.807, 2.05) is 0 Å². The molecule has 0 unspecified atom stereocenters. The van der Waals surface area contributed by atoms with E-state index in [2.05, 4.69) is 26.2 Å². The second-order valence-electron chi connectivity index (χ2n) is 3.31. The summed E-state index contributed by atoms with van der Waals surface area (Å²) in [6.07, 6.45) is 0. The van der Waals surface area contributed by atoms with E-state index >= 15 is 0 Å². The molecule has 0 N–H and O–H groups in total. The molecule has 1 aromatic carbocycles. The fraction of sp³-hybridized carbons (Fsp3) is 0.100. The normalized spacial score (nSPS) is 10.6. The van der Waals surface area contributed by atoms with Crippen molar-refractivity contribution in [3.8, 4) is 0 Å². The summed E-state index contributed by atoms with van der Waals surface area (Å²) >= 11 is 14.8. The third kappa shape index (κ3) is 2.36. The number of benzene rings is 1. The average molecular weight is 335 g/mol. The minimum absolute atomic E-state index is 0.219. The number of rotatable bonds is 2. The number of hydrogen-bond donors (Lipinski definition) is 0. The second-order valence-corrected chi connectivity index (χ2v) is 4.88. The van der Waals surface area contributed by atoms with Crippen molar-refractivity contribution in [1.82, 2.24) is 15.0 Å². The number of ketones is 1. The van der Waals surface area contributed by atoms with E-state index in [1.165, 1.54) is 10.7 Å². The number of nitrogens with zero attached hydrogens (tertiary/aromatic N) is 3. The summed E-state index contributed by atoms with van der Waals surface area (Å²) in [6.45, 7) is 0. The summed E-state index contributed by atoms with van der Waals surface area (Å²) < 4.78 is 1.80. The van der Waals surface area contributed by atoms with Crippen LogP contribution in [-0.2, 0) is 7.05 Å². The highest BCUT2D eigenvalue weighted by atomic mass is 79.9. The van der Waals surface area contributed by atoms with Gasteiger partial charge >= 0.3 is 0 Å². The van der Waals surface area contributed by atoms with Crippen molar-refractivity contribution in [2.75, 3.05) is 0 Å². The number of halogens is 3. The minimum atomic E-state index is -0.219. The van der Waals surface area contributed by atoms with Crippen molar-refractivity contribution in [3.63, 3.8) is 0 Å². The zero-order valence-electron chi connectivity index (χ0n) is 8.62. The van der Waals surface area contributed by atoms with Crippen LogP contribution in [0.15, 0.2) is 22.8 Å². The number of carbonyl (C=O) groups excluding carboxylic acids is 1. The molecule has 88 valence electrons. The predicted octanol–water partition coefficient (Wildman–Crippen LogP) is 3.12. The highest BCUT2D eigenvalue weighted by Crippen LogP contribution is 2.25. The molecule has 0 bridgehead atoms. The van der Waals surface area contributed by atoms with Crippen LogP contribution in [-0.4, -0.2) is 20.8 Å². The fourth-order valence-corrected chi connectivity index (χ4v) is 2.15. The number of carbonyl (C=O) groups is 1. The lowest BCUT2D eigenvalue weighted by atomic mass is 10.1. The van der Waals surface area contributed by atoms with Gasteiger partial charge in [0.25, 0.3) is 0 Å². The molecule has 1 aromatic heterocycles. The maximum atomic E-state index is 12.2. The third-order valence-electron chi connectivity index (χ3n) is 2.18. The van der Waals surface area contributed by atoms with E-state index in [0.717, 1.165) is 0 Å². The molecule has 0 aliphatic heterocycles. The Kier molecular flexibility index (Phi) is 3.51. The van der Waals surface area contributed by atoms with Crippen molar-refractivity contribution in [3.05, 3.63) is 44.1 Å². The average Bonchev–Trinajstić information content (AvgIpc) is 2.62. The molecular formula is C10H6BrCl2N3O. The Balaban J connectivity index is 2.48. The first kappa shape index (κ1) is 12.5. The topological polar surface area (TPSA) is 47.8 Å². The summed E-state index contributed by atoms with van der Waals surface area (Å²) in [5.74, 6) is -0.219. The summed E-state index contributed by atoms with van der Waals surface area (Å²) in [5.41, 5.74) is 0.800. The van der Waals surface area contributed by atoms with Crippen LogP contribution in [0.4, 0.5) is 0 Å². The zero-order valence-corrected chi connectivity index (χ0v) is 11.7. The summed E-state index contributed by atoms with van der Waals surface area (Å²) in [4.78, 5) is 12.2. The van der Waals surface area contributed by atoms with Crippen molar-refractivity contribution < 1.29 is 4.79 Å². The molecule has 0 radical (unpaired) electrons. The van der Waals surface area contributed by atoms with E-state index in [-0.39, 0.29) is 5.78 Å². The van der Waals surface area contributed by atoms with Crippen molar-refractivity contribution in [1.29, 1.82) is 0 Å². The van der Waals surface area contributed by atoms with Gasteiger partial charge in [-0.05, 0) is 34.1 Å². The van der Waals surface area contributed by atoms with Gasteiger partial charge in [0.2, 0.25) is 5.78 Å². The van der Waals surface area contributed by atoms with Gasteiger partial charge in [-0.15, -0.1) is 5.10 Å². The molecule has 0 aliphatic rings. The molecule has 0 amide bonds. The van der Waals surface area contributed by atoms with Crippen LogP contribution in [0.3, 0.4) is 0 Å². The van der Waals surface area contributed by atoms with Crippen molar-refractivity contribution >= 4 is 44.9 Å². The van der Waals surface area contributed by atoms with Gasteiger partial charge in [-0.25, -0.2) is 4.68 Å². The van der Waals surface area contributed by atoms with Gasteiger partial charge in [0.05, 0.1) is 10.0 Å². The van der Waals surface area contributed by atoms with Gasteiger partial charge in [0.15, 0.2) is 4.60 Å². The van der Waals surface area contributed by atoms with Gasteiger partial charge in [-0.2, -0.15) is 0 Å². The molecule has 0 spiro atoms. The summed E-state index contributed by atoms with van der Waals surface area (Å²) in [6, 6.07) is 4.70. The quantitative estimate of drug-likeness (QED) is 0.793. The van der Waals surface area contributed by atoms with E-state index in [0.29, 0.717) is 25.9 Å². The SMILES string of the molecule is Cn1nnc(Br)c1C(=O)c1ccc(Cl)c(Cl)c1. The fourth-order valence-electron chi connectivity index (χ4n) is 1.35. The van der Waals surface area contributed by atoms with E-state index in [1.54, 1.807) is 19.2 Å². The molecule has 0 saturated heterocycles. The molecule has 2 aromatic rings. The second kappa shape index (κ2) is 4.76. The molecule has 1 heterocycles. The zero-order chi connectivity index (χ0) is 12.6. The Labute approximate surface area is 116 Å². The van der Waals surface area contributed by atoms with Gasteiger partial charge in [0.1, 0.15) is 5.69 Å². The van der Waals surface area contributed by atoms with Gasteiger partial charge in [-0.1, -0.05) is 28.4 Å². The number of aromatic nitrogens is 3. The highest BCUT2D eigenvalue weighted by molar-refractivity contribution is 9.10.